The van der Waals surface area contributed by atoms with E-state index in [0.717, 1.165) is 17.2 Å². The summed E-state index contributed by atoms with van der Waals surface area (Å²) >= 11 is 0. The molecule has 0 spiro atoms. The van der Waals surface area contributed by atoms with Gasteiger partial charge in [-0.05, 0) is 36.8 Å². The molecule has 7 nitrogen and oxygen atoms in total. The lowest BCUT2D eigenvalue weighted by Gasteiger charge is -2.19. The molecule has 0 atom stereocenters. The number of fused-ring (bicyclic) bond motifs is 1. The van der Waals surface area contributed by atoms with E-state index in [4.69, 9.17) is 11.1 Å². The first-order valence-electron chi connectivity index (χ1n) is 11.1. The molecule has 186 valence electrons. The van der Waals surface area contributed by atoms with Gasteiger partial charge in [0.05, 0.1) is 23.1 Å². The molecule has 0 unspecified atom stereocenters. The normalized spacial score (nSPS) is 12.1. The highest BCUT2D eigenvalue weighted by molar-refractivity contribution is 5.96. The topological polar surface area (TPSA) is 109 Å². The van der Waals surface area contributed by atoms with Crippen molar-refractivity contribution in [3.05, 3.63) is 71.4 Å². The summed E-state index contributed by atoms with van der Waals surface area (Å²) in [7, 11) is 0. The van der Waals surface area contributed by atoms with E-state index >= 15 is 0 Å². The molecule has 10 heteroatoms. The molecule has 36 heavy (non-hydrogen) atoms. The number of carbonyl (C=O) groups is 1. The number of imidazole rings is 1. The van der Waals surface area contributed by atoms with Crippen LogP contribution in [0.25, 0.3) is 28.2 Å². The summed E-state index contributed by atoms with van der Waals surface area (Å²) in [6.45, 7) is 7.36. The van der Waals surface area contributed by atoms with Crippen molar-refractivity contribution in [2.45, 2.75) is 33.9 Å². The third-order valence-corrected chi connectivity index (χ3v) is 5.69. The van der Waals surface area contributed by atoms with Crippen molar-refractivity contribution < 1.29 is 18.0 Å². The Morgan fingerprint density at radius 2 is 1.75 bits per heavy atom. The maximum absolute atomic E-state index is 13.8. The third-order valence-electron chi connectivity index (χ3n) is 5.69. The van der Waals surface area contributed by atoms with Crippen LogP contribution >= 0.6 is 0 Å². The first-order chi connectivity index (χ1) is 16.7. The number of benzene rings is 2. The molecular formula is C26H25F3N6O. The van der Waals surface area contributed by atoms with E-state index in [1.54, 1.807) is 12.3 Å². The SMILES string of the molecule is Cc1ccc(-c2cn3nc(-c4ccc(C(=N)N)cc4C(F)(F)F)ccc3n2)cc1NC(=O)C(C)(C)C. The summed E-state index contributed by atoms with van der Waals surface area (Å²) in [5.41, 5.74) is 7.08. The van der Waals surface area contributed by atoms with Crippen LogP contribution in [0.1, 0.15) is 37.5 Å². The average Bonchev–Trinajstić information content (AvgIpc) is 3.22. The maximum Gasteiger partial charge on any atom is 0.417 e. The number of nitrogens with two attached hydrogens (primary N) is 1. The molecule has 4 aromatic rings. The van der Waals surface area contributed by atoms with Gasteiger partial charge in [0.15, 0.2) is 5.65 Å². The second-order valence-electron chi connectivity index (χ2n) is 9.55. The van der Waals surface area contributed by atoms with E-state index in [9.17, 15) is 18.0 Å². The van der Waals surface area contributed by atoms with Crippen LogP contribution in [0.15, 0.2) is 54.7 Å². The van der Waals surface area contributed by atoms with E-state index in [2.05, 4.69) is 15.4 Å². The van der Waals surface area contributed by atoms with Crippen LogP contribution in [0.2, 0.25) is 0 Å². The summed E-state index contributed by atoms with van der Waals surface area (Å²) in [6.07, 6.45) is -3.04. The summed E-state index contributed by atoms with van der Waals surface area (Å²) in [6, 6.07) is 12.0. The van der Waals surface area contributed by atoms with Gasteiger partial charge in [0.25, 0.3) is 0 Å². The summed E-state index contributed by atoms with van der Waals surface area (Å²) in [5, 5.41) is 14.8. The number of anilines is 1. The first kappa shape index (κ1) is 24.9. The van der Waals surface area contributed by atoms with Gasteiger partial charge in [0.2, 0.25) is 5.91 Å². The first-order valence-corrected chi connectivity index (χ1v) is 11.1. The van der Waals surface area contributed by atoms with Crippen molar-refractivity contribution in [2.24, 2.45) is 11.1 Å². The van der Waals surface area contributed by atoms with Gasteiger partial charge in [0.1, 0.15) is 5.84 Å². The molecule has 4 rings (SSSR count). The highest BCUT2D eigenvalue weighted by atomic mass is 19.4. The number of nitrogens with one attached hydrogen (secondary N) is 2. The zero-order valence-corrected chi connectivity index (χ0v) is 20.2. The molecule has 2 heterocycles. The lowest BCUT2D eigenvalue weighted by atomic mass is 9.95. The standard InChI is InChI=1S/C26H25F3N6O/c1-14-5-6-15(12-20(14)33-24(36)25(2,3)4)21-13-35-22(32-21)10-9-19(34-35)17-8-7-16(23(30)31)11-18(17)26(27,28)29/h5-13H,1-4H3,(H3,30,31)(H,33,36). The Labute approximate surface area is 205 Å². The highest BCUT2D eigenvalue weighted by Crippen LogP contribution is 2.37. The van der Waals surface area contributed by atoms with E-state index in [0.29, 0.717) is 17.0 Å². The number of nitrogen functional groups attached to an aromatic ring is 1. The van der Waals surface area contributed by atoms with Gasteiger partial charge < -0.3 is 11.1 Å². The van der Waals surface area contributed by atoms with Gasteiger partial charge in [0, 0.05) is 27.8 Å². The minimum Gasteiger partial charge on any atom is -0.384 e. The molecule has 0 fully saturated rings. The van der Waals surface area contributed by atoms with Crippen LogP contribution in [0.4, 0.5) is 18.9 Å². The molecule has 0 aliphatic heterocycles. The van der Waals surface area contributed by atoms with Crippen LogP contribution in [0.3, 0.4) is 0 Å². The van der Waals surface area contributed by atoms with Crippen molar-refractivity contribution >= 4 is 23.1 Å². The van der Waals surface area contributed by atoms with Crippen LogP contribution in [-0.4, -0.2) is 26.3 Å². The third kappa shape index (κ3) is 4.93. The maximum atomic E-state index is 13.8. The number of nitrogens with zero attached hydrogens (tertiary/aromatic N) is 3. The number of hydrogen-bond acceptors (Lipinski definition) is 4. The Morgan fingerprint density at radius 3 is 2.39 bits per heavy atom. The number of amidine groups is 1. The number of aromatic nitrogens is 3. The van der Waals surface area contributed by atoms with E-state index in [1.807, 2.05) is 45.9 Å². The smallest absolute Gasteiger partial charge is 0.384 e. The van der Waals surface area contributed by atoms with Crippen molar-refractivity contribution in [1.82, 2.24) is 14.6 Å². The molecule has 4 N–H and O–H groups in total. The lowest BCUT2D eigenvalue weighted by Crippen LogP contribution is -2.27. The summed E-state index contributed by atoms with van der Waals surface area (Å²) in [5.74, 6) is -0.578. The van der Waals surface area contributed by atoms with Crippen LogP contribution in [-0.2, 0) is 11.0 Å². The predicted molar refractivity (Wildman–Crippen MR) is 133 cm³/mol. The highest BCUT2D eigenvalue weighted by Gasteiger charge is 2.34. The Hall–Kier alpha value is -4.21. The Kier molecular flexibility index (Phi) is 6.07. The second-order valence-corrected chi connectivity index (χ2v) is 9.55. The van der Waals surface area contributed by atoms with Gasteiger partial charge in [-0.2, -0.15) is 18.3 Å². The quantitative estimate of drug-likeness (QED) is 0.251. The minimum absolute atomic E-state index is 0.0224. The number of carbonyl (C=O) groups excluding carboxylic acids is 1. The molecule has 1 amide bonds. The molecule has 0 aliphatic carbocycles. The predicted octanol–water partition coefficient (Wildman–Crippen LogP) is 5.66. The lowest BCUT2D eigenvalue weighted by molar-refractivity contribution is -0.137. The fourth-order valence-corrected chi connectivity index (χ4v) is 3.56. The van der Waals surface area contributed by atoms with E-state index in [1.165, 1.54) is 22.7 Å². The van der Waals surface area contributed by atoms with Gasteiger partial charge in [-0.15, -0.1) is 0 Å². The number of halogens is 3. The van der Waals surface area contributed by atoms with Crippen LogP contribution < -0.4 is 11.1 Å². The van der Waals surface area contributed by atoms with Gasteiger partial charge in [-0.25, -0.2) is 9.50 Å². The number of amides is 1. The Morgan fingerprint density at radius 1 is 1.03 bits per heavy atom. The molecule has 0 saturated heterocycles. The number of hydrogen-bond donors (Lipinski definition) is 3. The monoisotopic (exact) mass is 494 g/mol. The number of rotatable bonds is 4. The molecule has 2 aromatic carbocycles. The number of aryl methyl sites for hydroxylation is 1. The van der Waals surface area contributed by atoms with Gasteiger partial charge in [-0.1, -0.05) is 45.0 Å². The van der Waals surface area contributed by atoms with Gasteiger partial charge in [-0.3, -0.25) is 10.2 Å². The molecule has 0 radical (unpaired) electrons. The minimum atomic E-state index is -4.66. The fourth-order valence-electron chi connectivity index (χ4n) is 3.56. The van der Waals surface area contributed by atoms with Crippen molar-refractivity contribution in [3.8, 4) is 22.5 Å². The zero-order chi connectivity index (χ0) is 26.4. The summed E-state index contributed by atoms with van der Waals surface area (Å²) < 4.78 is 42.7. The Balaban J connectivity index is 1.75. The zero-order valence-electron chi connectivity index (χ0n) is 20.2. The van der Waals surface area contributed by atoms with Crippen LogP contribution in [0, 0.1) is 17.7 Å². The molecule has 0 bridgehead atoms. The second kappa shape index (κ2) is 8.78. The average molecular weight is 495 g/mol. The van der Waals surface area contributed by atoms with E-state index < -0.39 is 23.0 Å². The molecular weight excluding hydrogens is 469 g/mol. The fraction of sp³-hybridized carbons (Fsp3) is 0.231. The van der Waals surface area contributed by atoms with Gasteiger partial charge >= 0.3 is 6.18 Å². The van der Waals surface area contributed by atoms with Crippen molar-refractivity contribution in [1.29, 1.82) is 5.41 Å². The molecule has 2 aromatic heterocycles. The van der Waals surface area contributed by atoms with Crippen LogP contribution in [0.5, 0.6) is 0 Å². The molecule has 0 aliphatic rings. The molecule has 0 saturated carbocycles. The van der Waals surface area contributed by atoms with Crippen molar-refractivity contribution in [2.75, 3.05) is 5.32 Å². The number of alkyl halides is 3. The largest absolute Gasteiger partial charge is 0.417 e. The Bertz CT molecular complexity index is 1500. The van der Waals surface area contributed by atoms with E-state index in [-0.39, 0.29) is 22.7 Å². The van der Waals surface area contributed by atoms with Crippen molar-refractivity contribution in [3.63, 3.8) is 0 Å². The summed E-state index contributed by atoms with van der Waals surface area (Å²) in [4.78, 5) is 17.0.